The SMILES string of the molecule is CNC(=O)CC(CN)N(C)C1CCCCC1C. The van der Waals surface area contributed by atoms with Gasteiger partial charge in [0, 0.05) is 32.1 Å². The summed E-state index contributed by atoms with van der Waals surface area (Å²) in [5.74, 6) is 0.795. The molecule has 0 spiro atoms. The van der Waals surface area contributed by atoms with E-state index in [9.17, 15) is 4.79 Å². The first-order valence-electron chi connectivity index (χ1n) is 6.72. The second-order valence-electron chi connectivity index (χ2n) is 5.26. The van der Waals surface area contributed by atoms with Crippen LogP contribution in [0.5, 0.6) is 0 Å². The van der Waals surface area contributed by atoms with Crippen LogP contribution in [-0.4, -0.2) is 43.5 Å². The fourth-order valence-corrected chi connectivity index (χ4v) is 2.88. The maximum atomic E-state index is 11.5. The average Bonchev–Trinajstić information content (AvgIpc) is 2.35. The van der Waals surface area contributed by atoms with Gasteiger partial charge in [-0.05, 0) is 25.8 Å². The zero-order valence-corrected chi connectivity index (χ0v) is 11.4. The Morgan fingerprint density at radius 3 is 2.65 bits per heavy atom. The van der Waals surface area contributed by atoms with Gasteiger partial charge in [-0.1, -0.05) is 19.8 Å². The molecule has 0 bridgehead atoms. The topological polar surface area (TPSA) is 58.4 Å². The molecule has 1 aliphatic rings. The van der Waals surface area contributed by atoms with E-state index in [2.05, 4.69) is 24.2 Å². The third-order valence-corrected chi connectivity index (χ3v) is 4.14. The highest BCUT2D eigenvalue weighted by Gasteiger charge is 2.29. The molecular weight excluding hydrogens is 214 g/mol. The minimum absolute atomic E-state index is 0.0794. The Morgan fingerprint density at radius 2 is 2.12 bits per heavy atom. The number of hydrogen-bond acceptors (Lipinski definition) is 3. The second kappa shape index (κ2) is 6.97. The molecule has 1 aliphatic carbocycles. The van der Waals surface area contributed by atoms with Crippen LogP contribution in [0, 0.1) is 5.92 Å². The highest BCUT2D eigenvalue weighted by Crippen LogP contribution is 2.28. The molecule has 0 heterocycles. The van der Waals surface area contributed by atoms with E-state index in [1.807, 2.05) is 0 Å². The van der Waals surface area contributed by atoms with Crippen LogP contribution in [0.3, 0.4) is 0 Å². The molecule has 4 heteroatoms. The number of nitrogens with zero attached hydrogens (tertiary/aromatic N) is 1. The monoisotopic (exact) mass is 241 g/mol. The summed E-state index contributed by atoms with van der Waals surface area (Å²) < 4.78 is 0. The standard InChI is InChI=1S/C13H27N3O/c1-10-6-4-5-7-12(10)16(3)11(9-14)8-13(17)15-2/h10-12H,4-9,14H2,1-3H3,(H,15,17). The van der Waals surface area contributed by atoms with Crippen molar-refractivity contribution in [2.45, 2.75) is 51.1 Å². The van der Waals surface area contributed by atoms with Crippen LogP contribution in [0.1, 0.15) is 39.0 Å². The van der Waals surface area contributed by atoms with Crippen molar-refractivity contribution in [1.82, 2.24) is 10.2 Å². The summed E-state index contributed by atoms with van der Waals surface area (Å²) in [6, 6.07) is 0.752. The molecular formula is C13H27N3O. The third-order valence-electron chi connectivity index (χ3n) is 4.14. The van der Waals surface area contributed by atoms with Crippen LogP contribution in [0.4, 0.5) is 0 Å². The van der Waals surface area contributed by atoms with Crippen LogP contribution < -0.4 is 11.1 Å². The van der Waals surface area contributed by atoms with Crippen molar-refractivity contribution in [2.75, 3.05) is 20.6 Å². The van der Waals surface area contributed by atoms with Gasteiger partial charge in [0.05, 0.1) is 0 Å². The van der Waals surface area contributed by atoms with E-state index in [1.54, 1.807) is 7.05 Å². The smallest absolute Gasteiger partial charge is 0.221 e. The normalized spacial score (nSPS) is 26.9. The highest BCUT2D eigenvalue weighted by molar-refractivity contribution is 5.76. The van der Waals surface area contributed by atoms with Crippen LogP contribution in [-0.2, 0) is 4.79 Å². The molecule has 1 rings (SSSR count). The Bertz CT molecular complexity index is 245. The van der Waals surface area contributed by atoms with Crippen molar-refractivity contribution >= 4 is 5.91 Å². The molecule has 1 saturated carbocycles. The Labute approximate surface area is 105 Å². The van der Waals surface area contributed by atoms with E-state index in [4.69, 9.17) is 5.73 Å². The van der Waals surface area contributed by atoms with Gasteiger partial charge in [-0.25, -0.2) is 0 Å². The summed E-state index contributed by atoms with van der Waals surface area (Å²) >= 11 is 0. The quantitative estimate of drug-likeness (QED) is 0.754. The summed E-state index contributed by atoms with van der Waals surface area (Å²) in [6.07, 6.45) is 5.69. The number of amides is 1. The third kappa shape index (κ3) is 3.96. The fraction of sp³-hybridized carbons (Fsp3) is 0.923. The number of likely N-dealkylation sites (N-methyl/N-ethyl adjacent to an activating group) is 1. The molecule has 100 valence electrons. The van der Waals surface area contributed by atoms with E-state index in [0.717, 1.165) is 0 Å². The lowest BCUT2D eigenvalue weighted by molar-refractivity contribution is -0.122. The van der Waals surface area contributed by atoms with Gasteiger partial charge in [-0.3, -0.25) is 9.69 Å². The Hall–Kier alpha value is -0.610. The van der Waals surface area contributed by atoms with Crippen LogP contribution in [0.15, 0.2) is 0 Å². The Kier molecular flexibility index (Phi) is 5.92. The summed E-state index contributed by atoms with van der Waals surface area (Å²) in [4.78, 5) is 13.8. The lowest BCUT2D eigenvalue weighted by Crippen LogP contribution is -2.49. The summed E-state index contributed by atoms with van der Waals surface area (Å²) in [6.45, 7) is 2.86. The van der Waals surface area contributed by atoms with E-state index in [1.165, 1.54) is 25.7 Å². The molecule has 1 amide bonds. The predicted octanol–water partition coefficient (Wildman–Crippen LogP) is 0.960. The molecule has 4 nitrogen and oxygen atoms in total. The van der Waals surface area contributed by atoms with Crippen molar-refractivity contribution in [3.05, 3.63) is 0 Å². The summed E-state index contributed by atoms with van der Waals surface area (Å²) in [5.41, 5.74) is 5.81. The molecule has 0 aromatic rings. The van der Waals surface area contributed by atoms with Gasteiger partial charge >= 0.3 is 0 Å². The van der Waals surface area contributed by atoms with Crippen LogP contribution in [0.2, 0.25) is 0 Å². The first-order valence-corrected chi connectivity index (χ1v) is 6.72. The zero-order valence-electron chi connectivity index (χ0n) is 11.4. The molecule has 0 saturated heterocycles. The number of carbonyl (C=O) groups excluding carboxylic acids is 1. The van der Waals surface area contributed by atoms with E-state index < -0.39 is 0 Å². The molecule has 3 unspecified atom stereocenters. The predicted molar refractivity (Wildman–Crippen MR) is 70.7 cm³/mol. The highest BCUT2D eigenvalue weighted by atomic mass is 16.1. The van der Waals surface area contributed by atoms with Crippen molar-refractivity contribution < 1.29 is 4.79 Å². The van der Waals surface area contributed by atoms with Crippen LogP contribution >= 0.6 is 0 Å². The Balaban J connectivity index is 2.57. The number of nitrogens with one attached hydrogen (secondary N) is 1. The minimum atomic E-state index is 0.0794. The van der Waals surface area contributed by atoms with Crippen molar-refractivity contribution in [2.24, 2.45) is 11.7 Å². The second-order valence-corrected chi connectivity index (χ2v) is 5.26. The molecule has 0 aliphatic heterocycles. The van der Waals surface area contributed by atoms with Gasteiger partial charge in [0.25, 0.3) is 0 Å². The first kappa shape index (κ1) is 14.5. The molecule has 3 atom stereocenters. The average molecular weight is 241 g/mol. The van der Waals surface area contributed by atoms with Gasteiger partial charge < -0.3 is 11.1 Å². The van der Waals surface area contributed by atoms with Gasteiger partial charge in [0.15, 0.2) is 0 Å². The van der Waals surface area contributed by atoms with Crippen LogP contribution in [0.25, 0.3) is 0 Å². The van der Waals surface area contributed by atoms with Gasteiger partial charge in [0.1, 0.15) is 0 Å². The molecule has 1 fully saturated rings. The van der Waals surface area contributed by atoms with Gasteiger partial charge in [-0.2, -0.15) is 0 Å². The number of carbonyl (C=O) groups is 1. The number of rotatable bonds is 5. The first-order chi connectivity index (χ1) is 8.10. The lowest BCUT2D eigenvalue weighted by atomic mass is 9.84. The zero-order chi connectivity index (χ0) is 12.8. The summed E-state index contributed by atoms with van der Waals surface area (Å²) in [7, 11) is 3.80. The number of nitrogens with two attached hydrogens (primary N) is 1. The maximum absolute atomic E-state index is 11.5. The molecule has 0 aromatic carbocycles. The van der Waals surface area contributed by atoms with E-state index in [-0.39, 0.29) is 11.9 Å². The maximum Gasteiger partial charge on any atom is 0.221 e. The number of hydrogen-bond donors (Lipinski definition) is 2. The van der Waals surface area contributed by atoms with E-state index in [0.29, 0.717) is 24.9 Å². The Morgan fingerprint density at radius 1 is 1.47 bits per heavy atom. The van der Waals surface area contributed by atoms with E-state index >= 15 is 0 Å². The fourth-order valence-electron chi connectivity index (χ4n) is 2.88. The van der Waals surface area contributed by atoms with Gasteiger partial charge in [-0.15, -0.1) is 0 Å². The lowest BCUT2D eigenvalue weighted by Gasteiger charge is -2.40. The summed E-state index contributed by atoms with van der Waals surface area (Å²) in [5, 5.41) is 2.68. The molecule has 0 radical (unpaired) electrons. The van der Waals surface area contributed by atoms with Crippen molar-refractivity contribution in [3.63, 3.8) is 0 Å². The van der Waals surface area contributed by atoms with Crippen molar-refractivity contribution in [1.29, 1.82) is 0 Å². The molecule has 17 heavy (non-hydrogen) atoms. The minimum Gasteiger partial charge on any atom is -0.359 e. The van der Waals surface area contributed by atoms with Gasteiger partial charge in [0.2, 0.25) is 5.91 Å². The molecule has 0 aromatic heterocycles. The van der Waals surface area contributed by atoms with Crippen molar-refractivity contribution in [3.8, 4) is 0 Å². The largest absolute Gasteiger partial charge is 0.359 e. The molecule has 3 N–H and O–H groups in total.